The van der Waals surface area contributed by atoms with Crippen LogP contribution >= 0.6 is 12.4 Å². The number of pyridine rings is 1. The molecule has 0 amide bonds. The molecule has 0 saturated carbocycles. The number of nitrogens with one attached hydrogen (secondary N) is 1. The molecule has 110 valence electrons. The van der Waals surface area contributed by atoms with Crippen molar-refractivity contribution in [3.8, 4) is 0 Å². The highest BCUT2D eigenvalue weighted by Gasteiger charge is 2.13. The molecule has 0 aliphatic heterocycles. The Morgan fingerprint density at radius 1 is 1.20 bits per heavy atom. The summed E-state index contributed by atoms with van der Waals surface area (Å²) in [6.45, 7) is 0.843. The van der Waals surface area contributed by atoms with Crippen molar-refractivity contribution in [2.45, 2.75) is 12.2 Å². The van der Waals surface area contributed by atoms with E-state index in [-0.39, 0.29) is 18.2 Å². The number of benzene rings is 1. The minimum Gasteiger partial charge on any atom is -0.330 e. The molecule has 0 aliphatic carbocycles. The van der Waals surface area contributed by atoms with E-state index in [1.807, 2.05) is 24.3 Å². The quantitative estimate of drug-likeness (QED) is 0.790. The van der Waals surface area contributed by atoms with Gasteiger partial charge in [0.2, 0.25) is 10.0 Å². The molecule has 0 unspecified atom stereocenters. The van der Waals surface area contributed by atoms with E-state index in [1.165, 1.54) is 0 Å². The Balaban J connectivity index is 0.00000200. The van der Waals surface area contributed by atoms with Crippen LogP contribution in [0.4, 0.5) is 0 Å². The molecule has 2 rings (SSSR count). The molecule has 0 saturated heterocycles. The van der Waals surface area contributed by atoms with Gasteiger partial charge in [0, 0.05) is 18.1 Å². The Labute approximate surface area is 125 Å². The Hall–Kier alpha value is -1.21. The summed E-state index contributed by atoms with van der Waals surface area (Å²) < 4.78 is 26.4. The van der Waals surface area contributed by atoms with Gasteiger partial charge in [-0.05, 0) is 24.6 Å². The highest BCUT2D eigenvalue weighted by Crippen LogP contribution is 2.17. The molecule has 0 atom stereocenters. The molecule has 2 aromatic rings. The monoisotopic (exact) mass is 315 g/mol. The summed E-state index contributed by atoms with van der Waals surface area (Å²) in [6.07, 6.45) is 2.30. The number of halogens is 1. The van der Waals surface area contributed by atoms with E-state index in [2.05, 4.69) is 9.71 Å². The molecule has 1 heterocycles. The maximum Gasteiger partial charge on any atom is 0.215 e. The zero-order valence-corrected chi connectivity index (χ0v) is 12.6. The summed E-state index contributed by atoms with van der Waals surface area (Å²) in [4.78, 5) is 4.25. The van der Waals surface area contributed by atoms with Crippen LogP contribution in [-0.2, 0) is 15.8 Å². The summed E-state index contributed by atoms with van der Waals surface area (Å²) in [5, 5.41) is 0.942. The van der Waals surface area contributed by atoms with Crippen LogP contribution in [0.5, 0.6) is 0 Å². The van der Waals surface area contributed by atoms with Gasteiger partial charge in [-0.3, -0.25) is 4.98 Å². The van der Waals surface area contributed by atoms with E-state index in [0.717, 1.165) is 10.9 Å². The van der Waals surface area contributed by atoms with Crippen LogP contribution in [0.15, 0.2) is 36.5 Å². The number of nitrogens with two attached hydrogens (primary N) is 1. The van der Waals surface area contributed by atoms with Crippen LogP contribution in [0.1, 0.15) is 12.0 Å². The van der Waals surface area contributed by atoms with Crippen molar-refractivity contribution in [3.05, 3.63) is 42.1 Å². The largest absolute Gasteiger partial charge is 0.330 e. The average Bonchev–Trinajstić information content (AvgIpc) is 2.39. The normalized spacial score (nSPS) is 11.2. The van der Waals surface area contributed by atoms with Crippen LogP contribution in [0.25, 0.3) is 10.9 Å². The predicted molar refractivity (Wildman–Crippen MR) is 83.3 cm³/mol. The minimum atomic E-state index is -3.34. The van der Waals surface area contributed by atoms with Crippen LogP contribution in [0.2, 0.25) is 0 Å². The number of fused-ring (bicyclic) bond motifs is 1. The van der Waals surface area contributed by atoms with Crippen molar-refractivity contribution in [1.29, 1.82) is 0 Å². The smallest absolute Gasteiger partial charge is 0.215 e. The highest BCUT2D eigenvalue weighted by molar-refractivity contribution is 7.88. The van der Waals surface area contributed by atoms with Crippen molar-refractivity contribution in [2.24, 2.45) is 5.73 Å². The summed E-state index contributed by atoms with van der Waals surface area (Å²) >= 11 is 0. The first-order chi connectivity index (χ1) is 9.12. The molecule has 0 radical (unpaired) electrons. The van der Waals surface area contributed by atoms with Gasteiger partial charge in [0.15, 0.2) is 0 Å². The summed E-state index contributed by atoms with van der Waals surface area (Å²) in [5.74, 6) is -0.0636. The Morgan fingerprint density at radius 3 is 2.70 bits per heavy atom. The molecule has 0 spiro atoms. The van der Waals surface area contributed by atoms with Gasteiger partial charge in [0.1, 0.15) is 0 Å². The second-order valence-electron chi connectivity index (χ2n) is 4.29. The Bertz CT molecular complexity index is 656. The number of nitrogens with zero attached hydrogens (tertiary/aromatic N) is 1. The van der Waals surface area contributed by atoms with Gasteiger partial charge in [-0.1, -0.05) is 24.3 Å². The molecule has 0 fully saturated rings. The third-order valence-electron chi connectivity index (χ3n) is 2.76. The van der Waals surface area contributed by atoms with E-state index < -0.39 is 10.0 Å². The molecule has 0 bridgehead atoms. The molecule has 5 nitrogen and oxygen atoms in total. The van der Waals surface area contributed by atoms with Gasteiger partial charge >= 0.3 is 0 Å². The first kappa shape index (κ1) is 16.8. The van der Waals surface area contributed by atoms with E-state index in [1.54, 1.807) is 12.3 Å². The van der Waals surface area contributed by atoms with E-state index in [9.17, 15) is 8.42 Å². The van der Waals surface area contributed by atoms with Crippen LogP contribution in [0.3, 0.4) is 0 Å². The Morgan fingerprint density at radius 2 is 1.95 bits per heavy atom. The van der Waals surface area contributed by atoms with Gasteiger partial charge < -0.3 is 5.73 Å². The minimum absolute atomic E-state index is 0. The third-order valence-corrected chi connectivity index (χ3v) is 4.10. The lowest BCUT2D eigenvalue weighted by molar-refractivity contribution is 0.579. The van der Waals surface area contributed by atoms with E-state index in [4.69, 9.17) is 5.73 Å². The first-order valence-electron chi connectivity index (χ1n) is 6.12. The second-order valence-corrected chi connectivity index (χ2v) is 6.09. The number of rotatable bonds is 6. The van der Waals surface area contributed by atoms with Gasteiger partial charge in [-0.2, -0.15) is 0 Å². The number of sulfonamides is 1. The summed E-state index contributed by atoms with van der Waals surface area (Å²) in [7, 11) is -3.34. The van der Waals surface area contributed by atoms with Crippen molar-refractivity contribution >= 4 is 33.3 Å². The lowest BCUT2D eigenvalue weighted by Crippen LogP contribution is -2.27. The average molecular weight is 316 g/mol. The SMILES string of the molecule is Cl.NCCCNS(=O)(=O)Cc1cccc2cccnc12. The molecular formula is C13H18ClN3O2S. The number of aromatic nitrogens is 1. The molecule has 0 aliphatic rings. The molecule has 1 aromatic heterocycles. The van der Waals surface area contributed by atoms with Gasteiger partial charge in [-0.15, -0.1) is 12.4 Å². The van der Waals surface area contributed by atoms with Crippen LogP contribution in [-0.4, -0.2) is 26.5 Å². The molecular weight excluding hydrogens is 298 g/mol. The molecule has 3 N–H and O–H groups in total. The predicted octanol–water partition coefficient (Wildman–Crippen LogP) is 1.42. The second kappa shape index (κ2) is 7.54. The van der Waals surface area contributed by atoms with Crippen LogP contribution in [0, 0.1) is 0 Å². The fraction of sp³-hybridized carbons (Fsp3) is 0.308. The van der Waals surface area contributed by atoms with Crippen LogP contribution < -0.4 is 10.5 Å². The van der Waals surface area contributed by atoms with Gasteiger partial charge in [0.25, 0.3) is 0 Å². The first-order valence-corrected chi connectivity index (χ1v) is 7.77. The number of hydrogen-bond donors (Lipinski definition) is 2. The number of hydrogen-bond acceptors (Lipinski definition) is 4. The van der Waals surface area contributed by atoms with Crippen molar-refractivity contribution < 1.29 is 8.42 Å². The fourth-order valence-electron chi connectivity index (χ4n) is 1.87. The highest BCUT2D eigenvalue weighted by atomic mass is 35.5. The van der Waals surface area contributed by atoms with Crippen molar-refractivity contribution in [2.75, 3.05) is 13.1 Å². The van der Waals surface area contributed by atoms with Crippen molar-refractivity contribution in [3.63, 3.8) is 0 Å². The summed E-state index contributed by atoms with van der Waals surface area (Å²) in [6, 6.07) is 9.30. The van der Waals surface area contributed by atoms with Gasteiger partial charge in [0.05, 0.1) is 11.3 Å². The standard InChI is InChI=1S/C13H17N3O2S.ClH/c14-7-3-9-16-19(17,18)10-12-5-1-4-11-6-2-8-15-13(11)12;/h1-2,4-6,8,16H,3,7,9-10,14H2;1H. The third kappa shape index (κ3) is 4.42. The molecule has 7 heteroatoms. The lowest BCUT2D eigenvalue weighted by Gasteiger charge is -2.08. The zero-order chi connectivity index (χ0) is 13.7. The van der Waals surface area contributed by atoms with E-state index >= 15 is 0 Å². The number of para-hydroxylation sites is 1. The molecule has 1 aromatic carbocycles. The lowest BCUT2D eigenvalue weighted by atomic mass is 10.1. The zero-order valence-electron chi connectivity index (χ0n) is 11.0. The van der Waals surface area contributed by atoms with Crippen molar-refractivity contribution in [1.82, 2.24) is 9.71 Å². The molecule has 20 heavy (non-hydrogen) atoms. The topological polar surface area (TPSA) is 85.1 Å². The van der Waals surface area contributed by atoms with Gasteiger partial charge in [-0.25, -0.2) is 13.1 Å². The summed E-state index contributed by atoms with van der Waals surface area (Å²) in [5.41, 5.74) is 6.78. The maximum atomic E-state index is 11.9. The Kier molecular flexibility index (Phi) is 6.35. The maximum absolute atomic E-state index is 11.9. The fourth-order valence-corrected chi connectivity index (χ4v) is 3.07. The van der Waals surface area contributed by atoms with E-state index in [0.29, 0.717) is 25.1 Å².